The summed E-state index contributed by atoms with van der Waals surface area (Å²) in [4.78, 5) is 12.5. The Morgan fingerprint density at radius 2 is 1.62 bits per heavy atom. The number of hydrogen-bond acceptors (Lipinski definition) is 3. The van der Waals surface area contributed by atoms with Gasteiger partial charge in [-0.25, -0.2) is 8.42 Å². The maximum atomic E-state index is 12.8. The van der Waals surface area contributed by atoms with Crippen molar-refractivity contribution in [2.24, 2.45) is 0 Å². The molecule has 5 nitrogen and oxygen atoms in total. The van der Waals surface area contributed by atoms with Crippen LogP contribution < -0.4 is 10.0 Å². The molecule has 0 saturated carbocycles. The van der Waals surface area contributed by atoms with Crippen molar-refractivity contribution < 1.29 is 13.2 Å². The van der Waals surface area contributed by atoms with E-state index in [9.17, 15) is 13.2 Å². The molecule has 0 aliphatic heterocycles. The Bertz CT molecular complexity index is 1190. The van der Waals surface area contributed by atoms with Gasteiger partial charge >= 0.3 is 0 Å². The lowest BCUT2D eigenvalue weighted by Gasteiger charge is -2.13. The minimum atomic E-state index is -3.97. The molecular formula is C22H21ClN2O3S. The monoisotopic (exact) mass is 428 g/mol. The zero-order chi connectivity index (χ0) is 21.2. The number of benzene rings is 3. The van der Waals surface area contributed by atoms with Gasteiger partial charge in [-0.1, -0.05) is 35.9 Å². The van der Waals surface area contributed by atoms with Crippen LogP contribution in [0, 0.1) is 20.8 Å². The molecule has 3 aromatic rings. The summed E-state index contributed by atoms with van der Waals surface area (Å²) in [5.74, 6) is -0.414. The molecule has 0 heterocycles. The van der Waals surface area contributed by atoms with Gasteiger partial charge in [-0.15, -0.1) is 0 Å². The van der Waals surface area contributed by atoms with Crippen LogP contribution in [0.2, 0.25) is 5.02 Å². The number of rotatable bonds is 5. The summed E-state index contributed by atoms with van der Waals surface area (Å²) in [6.07, 6.45) is 0. The highest BCUT2D eigenvalue weighted by Crippen LogP contribution is 2.26. The maximum Gasteiger partial charge on any atom is 0.263 e. The first-order chi connectivity index (χ1) is 13.7. The molecule has 0 fully saturated rings. The van der Waals surface area contributed by atoms with Crippen molar-refractivity contribution in [1.29, 1.82) is 0 Å². The third-order valence-electron chi connectivity index (χ3n) is 4.39. The number of carbonyl (C=O) groups excluding carboxylic acids is 1. The first-order valence-corrected chi connectivity index (χ1v) is 10.8. The zero-order valence-corrected chi connectivity index (χ0v) is 17.9. The van der Waals surface area contributed by atoms with Crippen LogP contribution in [0.4, 0.5) is 11.4 Å². The number of sulfonamides is 1. The zero-order valence-electron chi connectivity index (χ0n) is 16.3. The molecule has 3 rings (SSSR count). The molecule has 0 aliphatic carbocycles. The van der Waals surface area contributed by atoms with E-state index in [1.54, 1.807) is 18.2 Å². The van der Waals surface area contributed by atoms with Gasteiger partial charge in [-0.3, -0.25) is 9.52 Å². The van der Waals surface area contributed by atoms with Gasteiger partial charge in [0.2, 0.25) is 0 Å². The number of hydrogen-bond donors (Lipinski definition) is 2. The molecular weight excluding hydrogens is 408 g/mol. The van der Waals surface area contributed by atoms with Crippen LogP contribution >= 0.6 is 11.6 Å². The number of amides is 1. The number of aryl methyl sites for hydroxylation is 3. The first kappa shape index (κ1) is 20.9. The lowest BCUT2D eigenvalue weighted by molar-refractivity contribution is 0.102. The molecule has 0 aromatic heterocycles. The molecule has 1 amide bonds. The molecule has 0 spiro atoms. The molecule has 7 heteroatoms. The number of carbonyl (C=O) groups is 1. The fourth-order valence-corrected chi connectivity index (χ4v) is 4.41. The van der Waals surface area contributed by atoms with Crippen LogP contribution in [0.1, 0.15) is 27.0 Å². The van der Waals surface area contributed by atoms with Crippen molar-refractivity contribution in [2.45, 2.75) is 25.7 Å². The average Bonchev–Trinajstić information content (AvgIpc) is 2.64. The Hall–Kier alpha value is -2.83. The molecule has 3 aromatic carbocycles. The predicted molar refractivity (Wildman–Crippen MR) is 117 cm³/mol. The van der Waals surface area contributed by atoms with Crippen molar-refractivity contribution in [1.82, 2.24) is 0 Å². The van der Waals surface area contributed by atoms with Gasteiger partial charge in [0.05, 0.1) is 5.02 Å². The Labute approximate surface area is 175 Å². The lowest BCUT2D eigenvalue weighted by atomic mass is 10.1. The van der Waals surface area contributed by atoms with Crippen molar-refractivity contribution >= 4 is 38.9 Å². The minimum absolute atomic E-state index is 0.0356. The SMILES string of the molecule is Cc1cccc(NS(=O)(=O)c2cc(C(=O)Nc3cc(C)ccc3C)ccc2Cl)c1. The predicted octanol–water partition coefficient (Wildman–Crippen LogP) is 5.32. The fraction of sp³-hybridized carbons (Fsp3) is 0.136. The highest BCUT2D eigenvalue weighted by atomic mass is 35.5. The van der Waals surface area contributed by atoms with Crippen LogP contribution in [-0.2, 0) is 10.0 Å². The van der Waals surface area contributed by atoms with Gasteiger partial charge < -0.3 is 5.32 Å². The van der Waals surface area contributed by atoms with Crippen molar-refractivity contribution in [3.63, 3.8) is 0 Å². The summed E-state index contributed by atoms with van der Waals surface area (Å²) in [5, 5.41) is 2.86. The van der Waals surface area contributed by atoms with Gasteiger partial charge in [-0.2, -0.15) is 0 Å². The summed E-state index contributed by atoms with van der Waals surface area (Å²) >= 11 is 6.14. The second-order valence-corrected chi connectivity index (χ2v) is 8.95. The van der Waals surface area contributed by atoms with Crippen molar-refractivity contribution in [3.8, 4) is 0 Å². The van der Waals surface area contributed by atoms with E-state index in [1.807, 2.05) is 45.0 Å². The Morgan fingerprint density at radius 3 is 2.34 bits per heavy atom. The average molecular weight is 429 g/mol. The maximum absolute atomic E-state index is 12.8. The van der Waals surface area contributed by atoms with Gasteiger partial charge in [0.1, 0.15) is 4.90 Å². The van der Waals surface area contributed by atoms with Crippen LogP contribution in [0.25, 0.3) is 0 Å². The quantitative estimate of drug-likeness (QED) is 0.577. The highest BCUT2D eigenvalue weighted by molar-refractivity contribution is 7.92. The van der Waals surface area contributed by atoms with E-state index in [4.69, 9.17) is 11.6 Å². The van der Waals surface area contributed by atoms with Crippen LogP contribution in [0.15, 0.2) is 65.6 Å². The lowest BCUT2D eigenvalue weighted by Crippen LogP contribution is -2.17. The van der Waals surface area contributed by atoms with E-state index in [1.165, 1.54) is 18.2 Å². The second-order valence-electron chi connectivity index (χ2n) is 6.89. The number of anilines is 2. The Kier molecular flexibility index (Phi) is 5.96. The first-order valence-electron chi connectivity index (χ1n) is 8.93. The summed E-state index contributed by atoms with van der Waals surface area (Å²) in [6.45, 7) is 5.68. The summed E-state index contributed by atoms with van der Waals surface area (Å²) in [7, 11) is -3.97. The van der Waals surface area contributed by atoms with E-state index in [2.05, 4.69) is 10.0 Å². The van der Waals surface area contributed by atoms with Crippen molar-refractivity contribution in [3.05, 3.63) is 87.9 Å². The smallest absolute Gasteiger partial charge is 0.263 e. The highest BCUT2D eigenvalue weighted by Gasteiger charge is 2.21. The molecule has 0 unspecified atom stereocenters. The van der Waals surface area contributed by atoms with Gasteiger partial charge in [-0.05, 0) is 73.9 Å². The minimum Gasteiger partial charge on any atom is -0.322 e. The molecule has 0 bridgehead atoms. The third kappa shape index (κ3) is 4.96. The standard InChI is InChI=1S/C22H21ClN2O3S/c1-14-5-4-6-18(11-14)25-29(27,28)21-13-17(9-10-19(21)23)22(26)24-20-12-15(2)7-8-16(20)3/h4-13,25H,1-3H3,(H,24,26). The number of nitrogens with one attached hydrogen (secondary N) is 2. The summed E-state index contributed by atoms with van der Waals surface area (Å²) in [5.41, 5.74) is 4.12. The van der Waals surface area contributed by atoms with Crippen LogP contribution in [-0.4, -0.2) is 14.3 Å². The second kappa shape index (κ2) is 8.27. The summed E-state index contributed by atoms with van der Waals surface area (Å²) in [6, 6.07) is 16.9. The van der Waals surface area contributed by atoms with E-state index in [-0.39, 0.29) is 15.5 Å². The molecule has 0 atom stereocenters. The van der Waals surface area contributed by atoms with E-state index in [0.717, 1.165) is 16.7 Å². The molecule has 0 saturated heterocycles. The molecule has 29 heavy (non-hydrogen) atoms. The molecule has 2 N–H and O–H groups in total. The number of halogens is 1. The van der Waals surface area contributed by atoms with Gasteiger partial charge in [0.25, 0.3) is 15.9 Å². The van der Waals surface area contributed by atoms with Crippen LogP contribution in [0.3, 0.4) is 0 Å². The molecule has 150 valence electrons. The topological polar surface area (TPSA) is 75.3 Å². The molecule has 0 aliphatic rings. The third-order valence-corrected chi connectivity index (χ3v) is 6.26. The summed E-state index contributed by atoms with van der Waals surface area (Å²) < 4.78 is 28.2. The van der Waals surface area contributed by atoms with Gasteiger partial charge in [0, 0.05) is 16.9 Å². The Morgan fingerprint density at radius 1 is 0.897 bits per heavy atom. The Balaban J connectivity index is 1.91. The molecule has 0 radical (unpaired) electrons. The largest absolute Gasteiger partial charge is 0.322 e. The fourth-order valence-electron chi connectivity index (χ4n) is 2.83. The normalized spacial score (nSPS) is 11.2. The van der Waals surface area contributed by atoms with Crippen LogP contribution in [0.5, 0.6) is 0 Å². The van der Waals surface area contributed by atoms with E-state index < -0.39 is 15.9 Å². The van der Waals surface area contributed by atoms with Gasteiger partial charge in [0.15, 0.2) is 0 Å². The van der Waals surface area contributed by atoms with E-state index in [0.29, 0.717) is 11.4 Å². The van der Waals surface area contributed by atoms with Crippen molar-refractivity contribution in [2.75, 3.05) is 10.0 Å². The van der Waals surface area contributed by atoms with E-state index >= 15 is 0 Å².